The first-order valence-electron chi connectivity index (χ1n) is 6.72. The van der Waals surface area contributed by atoms with Crippen molar-refractivity contribution in [3.63, 3.8) is 0 Å². The molecule has 1 rings (SSSR count). The lowest BCUT2D eigenvalue weighted by Gasteiger charge is -2.26. The molecule has 0 spiro atoms. The minimum Gasteiger partial charge on any atom is -0.497 e. The Hall–Kier alpha value is -1.59. The number of methoxy groups -OCH3 is 1. The summed E-state index contributed by atoms with van der Waals surface area (Å²) < 4.78 is 5.11. The number of aliphatic hydroxyl groups is 1. The van der Waals surface area contributed by atoms with Gasteiger partial charge in [-0.25, -0.2) is 0 Å². The second kappa shape index (κ2) is 7.87. The van der Waals surface area contributed by atoms with E-state index in [-0.39, 0.29) is 31.1 Å². The van der Waals surface area contributed by atoms with Crippen LogP contribution in [0.2, 0.25) is 0 Å². The second-order valence-corrected chi connectivity index (χ2v) is 5.11. The van der Waals surface area contributed by atoms with Crippen LogP contribution in [0.3, 0.4) is 0 Å². The van der Waals surface area contributed by atoms with Crippen LogP contribution in [0.1, 0.15) is 25.5 Å². The largest absolute Gasteiger partial charge is 0.497 e. The summed E-state index contributed by atoms with van der Waals surface area (Å²) in [4.78, 5) is 13.6. The molecule has 1 atom stereocenters. The summed E-state index contributed by atoms with van der Waals surface area (Å²) in [5, 5.41) is 12.4. The van der Waals surface area contributed by atoms with Crippen LogP contribution in [0.5, 0.6) is 5.75 Å². The lowest BCUT2D eigenvalue weighted by atomic mass is 10.1. The Kier molecular flexibility index (Phi) is 6.48. The molecule has 0 aliphatic rings. The third-order valence-corrected chi connectivity index (χ3v) is 3.05. The topological polar surface area (TPSA) is 61.8 Å². The SMILES string of the molecule is COc1ccc(C(CO)N(C)CC(=O)NC(C)C)cc1. The third-order valence-electron chi connectivity index (χ3n) is 3.05. The summed E-state index contributed by atoms with van der Waals surface area (Å²) in [7, 11) is 3.44. The number of nitrogens with one attached hydrogen (secondary N) is 1. The van der Waals surface area contributed by atoms with E-state index in [0.29, 0.717) is 0 Å². The highest BCUT2D eigenvalue weighted by atomic mass is 16.5. The maximum absolute atomic E-state index is 11.8. The van der Waals surface area contributed by atoms with Gasteiger partial charge in [0.25, 0.3) is 0 Å². The summed E-state index contributed by atoms with van der Waals surface area (Å²) in [6, 6.07) is 7.40. The lowest BCUT2D eigenvalue weighted by Crippen LogP contribution is -2.40. The molecule has 0 aliphatic heterocycles. The molecule has 0 saturated heterocycles. The summed E-state index contributed by atoms with van der Waals surface area (Å²) in [5.74, 6) is 0.722. The van der Waals surface area contributed by atoms with E-state index >= 15 is 0 Å². The van der Waals surface area contributed by atoms with E-state index in [1.807, 2.05) is 50.1 Å². The Balaban J connectivity index is 2.70. The van der Waals surface area contributed by atoms with E-state index in [1.54, 1.807) is 7.11 Å². The number of hydrogen-bond donors (Lipinski definition) is 2. The Morgan fingerprint density at radius 2 is 1.95 bits per heavy atom. The fourth-order valence-corrected chi connectivity index (χ4v) is 2.03. The molecule has 1 aromatic rings. The van der Waals surface area contributed by atoms with E-state index in [1.165, 1.54) is 0 Å². The number of likely N-dealkylation sites (N-methyl/N-ethyl adjacent to an activating group) is 1. The van der Waals surface area contributed by atoms with E-state index in [4.69, 9.17) is 4.74 Å². The minimum atomic E-state index is -0.209. The molecule has 5 nitrogen and oxygen atoms in total. The molecule has 0 radical (unpaired) electrons. The van der Waals surface area contributed by atoms with Gasteiger partial charge in [-0.15, -0.1) is 0 Å². The summed E-state index contributed by atoms with van der Waals surface area (Å²) >= 11 is 0. The molecule has 2 N–H and O–H groups in total. The van der Waals surface area contributed by atoms with Gasteiger partial charge in [-0.2, -0.15) is 0 Å². The first-order chi connectivity index (χ1) is 9.47. The summed E-state index contributed by atoms with van der Waals surface area (Å²) in [5.41, 5.74) is 0.952. The Labute approximate surface area is 120 Å². The predicted molar refractivity (Wildman–Crippen MR) is 78.7 cm³/mol. The second-order valence-electron chi connectivity index (χ2n) is 5.11. The van der Waals surface area contributed by atoms with Crippen molar-refractivity contribution in [3.05, 3.63) is 29.8 Å². The van der Waals surface area contributed by atoms with Crippen molar-refractivity contribution in [2.75, 3.05) is 27.3 Å². The molecule has 0 fully saturated rings. The van der Waals surface area contributed by atoms with Gasteiger partial charge < -0.3 is 15.2 Å². The van der Waals surface area contributed by atoms with Crippen molar-refractivity contribution in [3.8, 4) is 5.75 Å². The standard InChI is InChI=1S/C15H24N2O3/c1-11(2)16-15(19)9-17(3)14(10-18)12-5-7-13(20-4)8-6-12/h5-8,11,14,18H,9-10H2,1-4H3,(H,16,19). The molecule has 1 amide bonds. The number of aliphatic hydroxyl groups excluding tert-OH is 1. The van der Waals surface area contributed by atoms with Crippen molar-refractivity contribution in [2.24, 2.45) is 0 Å². The fraction of sp³-hybridized carbons (Fsp3) is 0.533. The quantitative estimate of drug-likeness (QED) is 0.787. The van der Waals surface area contributed by atoms with Crippen LogP contribution in [-0.4, -0.2) is 49.3 Å². The maximum atomic E-state index is 11.8. The van der Waals surface area contributed by atoms with Crippen LogP contribution >= 0.6 is 0 Å². The van der Waals surface area contributed by atoms with Gasteiger partial charge in [-0.1, -0.05) is 12.1 Å². The Bertz CT molecular complexity index is 418. The molecular weight excluding hydrogens is 256 g/mol. The molecular formula is C15H24N2O3. The molecule has 0 bridgehead atoms. The van der Waals surface area contributed by atoms with Gasteiger partial charge in [-0.05, 0) is 38.6 Å². The normalized spacial score (nSPS) is 12.6. The highest BCUT2D eigenvalue weighted by molar-refractivity contribution is 5.78. The van der Waals surface area contributed by atoms with Gasteiger partial charge in [0.2, 0.25) is 5.91 Å². The van der Waals surface area contributed by atoms with Crippen LogP contribution in [0.25, 0.3) is 0 Å². The molecule has 112 valence electrons. The van der Waals surface area contributed by atoms with Crippen LogP contribution < -0.4 is 10.1 Å². The number of carbonyl (C=O) groups excluding carboxylic acids is 1. The van der Waals surface area contributed by atoms with E-state index in [0.717, 1.165) is 11.3 Å². The molecule has 5 heteroatoms. The zero-order valence-electron chi connectivity index (χ0n) is 12.6. The van der Waals surface area contributed by atoms with E-state index in [9.17, 15) is 9.90 Å². The first-order valence-corrected chi connectivity index (χ1v) is 6.72. The third kappa shape index (κ3) is 4.83. The van der Waals surface area contributed by atoms with Gasteiger partial charge in [0, 0.05) is 6.04 Å². The van der Waals surface area contributed by atoms with Crippen LogP contribution in [-0.2, 0) is 4.79 Å². The van der Waals surface area contributed by atoms with Crippen molar-refractivity contribution in [1.29, 1.82) is 0 Å². The van der Waals surface area contributed by atoms with Crippen molar-refractivity contribution in [1.82, 2.24) is 10.2 Å². The smallest absolute Gasteiger partial charge is 0.234 e. The first kappa shape index (κ1) is 16.5. The summed E-state index contributed by atoms with van der Waals surface area (Å²) in [6.07, 6.45) is 0. The van der Waals surface area contributed by atoms with Gasteiger partial charge in [0.05, 0.1) is 26.3 Å². The zero-order valence-corrected chi connectivity index (χ0v) is 12.6. The molecule has 0 aliphatic carbocycles. The number of benzene rings is 1. The Morgan fingerprint density at radius 3 is 2.40 bits per heavy atom. The number of hydrogen-bond acceptors (Lipinski definition) is 4. The molecule has 1 aromatic carbocycles. The number of ether oxygens (including phenoxy) is 1. The zero-order chi connectivity index (χ0) is 15.1. The average Bonchev–Trinajstić information content (AvgIpc) is 2.39. The van der Waals surface area contributed by atoms with E-state index < -0.39 is 0 Å². The van der Waals surface area contributed by atoms with Gasteiger partial charge >= 0.3 is 0 Å². The Morgan fingerprint density at radius 1 is 1.35 bits per heavy atom. The van der Waals surface area contributed by atoms with E-state index in [2.05, 4.69) is 5.32 Å². The molecule has 20 heavy (non-hydrogen) atoms. The number of amides is 1. The van der Waals surface area contributed by atoms with Crippen LogP contribution in [0, 0.1) is 0 Å². The predicted octanol–water partition coefficient (Wildman–Crippen LogP) is 1.18. The summed E-state index contributed by atoms with van der Waals surface area (Å²) in [6.45, 7) is 4.04. The van der Waals surface area contributed by atoms with Crippen molar-refractivity contribution < 1.29 is 14.6 Å². The highest BCUT2D eigenvalue weighted by Crippen LogP contribution is 2.21. The molecule has 1 unspecified atom stereocenters. The minimum absolute atomic E-state index is 0.0439. The van der Waals surface area contributed by atoms with Gasteiger partial charge in [-0.3, -0.25) is 9.69 Å². The molecule has 0 aromatic heterocycles. The lowest BCUT2D eigenvalue weighted by molar-refractivity contribution is -0.123. The number of rotatable bonds is 7. The van der Waals surface area contributed by atoms with Crippen molar-refractivity contribution in [2.45, 2.75) is 25.9 Å². The van der Waals surface area contributed by atoms with Crippen LogP contribution in [0.15, 0.2) is 24.3 Å². The highest BCUT2D eigenvalue weighted by Gasteiger charge is 2.18. The van der Waals surface area contributed by atoms with Gasteiger partial charge in [0.15, 0.2) is 0 Å². The number of carbonyl (C=O) groups is 1. The average molecular weight is 280 g/mol. The molecule has 0 heterocycles. The van der Waals surface area contributed by atoms with Crippen LogP contribution in [0.4, 0.5) is 0 Å². The monoisotopic (exact) mass is 280 g/mol. The maximum Gasteiger partial charge on any atom is 0.234 e. The fourth-order valence-electron chi connectivity index (χ4n) is 2.03. The van der Waals surface area contributed by atoms with Crippen molar-refractivity contribution >= 4 is 5.91 Å². The number of nitrogens with zero attached hydrogens (tertiary/aromatic N) is 1. The molecule has 0 saturated carbocycles. The van der Waals surface area contributed by atoms with Gasteiger partial charge in [0.1, 0.15) is 5.75 Å².